The molecule has 2 aromatic rings. The van der Waals surface area contributed by atoms with E-state index in [1.165, 1.54) is 29.0 Å². The maximum atomic E-state index is 4.35. The molecule has 0 radical (unpaired) electrons. The summed E-state index contributed by atoms with van der Waals surface area (Å²) in [5.74, 6) is 0.818. The van der Waals surface area contributed by atoms with E-state index in [9.17, 15) is 0 Å². The zero-order valence-electron chi connectivity index (χ0n) is 11.8. The van der Waals surface area contributed by atoms with Crippen molar-refractivity contribution in [3.05, 3.63) is 39.8 Å². The van der Waals surface area contributed by atoms with Crippen molar-refractivity contribution in [1.82, 2.24) is 15.1 Å². The summed E-state index contributed by atoms with van der Waals surface area (Å²) in [7, 11) is 2.00. The smallest absolute Gasteiger partial charge is 0.0540 e. The van der Waals surface area contributed by atoms with Crippen molar-refractivity contribution >= 4 is 11.3 Å². The van der Waals surface area contributed by atoms with Crippen molar-refractivity contribution in [3.63, 3.8) is 0 Å². The van der Waals surface area contributed by atoms with Crippen LogP contribution in [0.5, 0.6) is 0 Å². The molecule has 2 aromatic heterocycles. The Balaban J connectivity index is 1.77. The molecule has 1 aliphatic carbocycles. The lowest BCUT2D eigenvalue weighted by atomic mass is 10.1. The Hall–Kier alpha value is -1.13. The maximum absolute atomic E-state index is 4.35. The molecule has 1 saturated carbocycles. The molecule has 102 valence electrons. The van der Waals surface area contributed by atoms with Gasteiger partial charge in [-0.3, -0.25) is 4.68 Å². The van der Waals surface area contributed by atoms with Crippen molar-refractivity contribution in [3.8, 4) is 0 Å². The quantitative estimate of drug-likeness (QED) is 0.903. The fourth-order valence-corrected chi connectivity index (χ4v) is 3.53. The van der Waals surface area contributed by atoms with Crippen molar-refractivity contribution in [2.75, 3.05) is 0 Å². The molecule has 4 heteroatoms. The Morgan fingerprint density at radius 3 is 2.79 bits per heavy atom. The number of nitrogens with one attached hydrogen (secondary N) is 1. The van der Waals surface area contributed by atoms with Crippen LogP contribution in [0.1, 0.15) is 48.0 Å². The number of thiophene rings is 1. The molecule has 2 atom stereocenters. The Kier molecular flexibility index (Phi) is 3.46. The highest BCUT2D eigenvalue weighted by molar-refractivity contribution is 7.10. The fourth-order valence-electron chi connectivity index (χ4n) is 2.65. The minimum atomic E-state index is 0.349. The predicted molar refractivity (Wildman–Crippen MR) is 79.3 cm³/mol. The number of hydrogen-bond acceptors (Lipinski definition) is 3. The lowest BCUT2D eigenvalue weighted by Gasteiger charge is -2.22. The minimum absolute atomic E-state index is 0.349. The highest BCUT2D eigenvalue weighted by Gasteiger charge is 2.34. The normalized spacial score (nSPS) is 18.5. The van der Waals surface area contributed by atoms with E-state index in [0.717, 1.165) is 5.92 Å². The minimum Gasteiger partial charge on any atom is -0.302 e. The van der Waals surface area contributed by atoms with Crippen LogP contribution in [0.4, 0.5) is 0 Å². The van der Waals surface area contributed by atoms with Gasteiger partial charge in [0.05, 0.1) is 6.20 Å². The van der Waals surface area contributed by atoms with E-state index < -0.39 is 0 Å². The summed E-state index contributed by atoms with van der Waals surface area (Å²) in [5.41, 5.74) is 2.56. The highest BCUT2D eigenvalue weighted by atomic mass is 32.1. The van der Waals surface area contributed by atoms with Gasteiger partial charge in [-0.2, -0.15) is 5.10 Å². The van der Waals surface area contributed by atoms with E-state index in [-0.39, 0.29) is 0 Å². The highest BCUT2D eigenvalue weighted by Crippen LogP contribution is 2.43. The monoisotopic (exact) mass is 275 g/mol. The van der Waals surface area contributed by atoms with Gasteiger partial charge in [0, 0.05) is 35.3 Å². The van der Waals surface area contributed by atoms with Gasteiger partial charge < -0.3 is 5.32 Å². The van der Waals surface area contributed by atoms with E-state index in [1.54, 1.807) is 0 Å². The van der Waals surface area contributed by atoms with Crippen LogP contribution in [0.25, 0.3) is 0 Å². The second kappa shape index (κ2) is 5.10. The molecule has 3 nitrogen and oxygen atoms in total. The standard InChI is InChI=1S/C15H21N3S/c1-10(13-9-16-18(3)11(13)2)17-15(12-6-7-12)14-5-4-8-19-14/h4-5,8-10,12,15,17H,6-7H2,1-3H3. The number of aryl methyl sites for hydroxylation is 1. The Morgan fingerprint density at radius 1 is 1.47 bits per heavy atom. The number of rotatable bonds is 5. The van der Waals surface area contributed by atoms with E-state index in [0.29, 0.717) is 12.1 Å². The zero-order chi connectivity index (χ0) is 13.4. The second-order valence-electron chi connectivity index (χ2n) is 5.53. The summed E-state index contributed by atoms with van der Waals surface area (Å²) in [6.07, 6.45) is 4.70. The van der Waals surface area contributed by atoms with Crippen LogP contribution in [0, 0.1) is 12.8 Å². The molecule has 1 fully saturated rings. The summed E-state index contributed by atoms with van der Waals surface area (Å²) in [6, 6.07) is 5.26. The van der Waals surface area contributed by atoms with Gasteiger partial charge in [-0.25, -0.2) is 0 Å². The first-order valence-electron chi connectivity index (χ1n) is 6.94. The maximum Gasteiger partial charge on any atom is 0.0540 e. The lowest BCUT2D eigenvalue weighted by molar-refractivity contribution is 0.432. The summed E-state index contributed by atoms with van der Waals surface area (Å²) in [5, 5.41) is 10.3. The zero-order valence-corrected chi connectivity index (χ0v) is 12.6. The molecule has 2 unspecified atom stereocenters. The molecule has 0 amide bonds. The van der Waals surface area contributed by atoms with E-state index >= 15 is 0 Å². The molecule has 19 heavy (non-hydrogen) atoms. The van der Waals surface area contributed by atoms with Gasteiger partial charge in [-0.05, 0) is 44.1 Å². The third-order valence-electron chi connectivity index (χ3n) is 4.11. The number of nitrogens with zero attached hydrogens (tertiary/aromatic N) is 2. The van der Waals surface area contributed by atoms with Gasteiger partial charge in [0.2, 0.25) is 0 Å². The Labute approximate surface area is 118 Å². The van der Waals surface area contributed by atoms with E-state index in [4.69, 9.17) is 0 Å². The molecule has 0 aromatic carbocycles. The predicted octanol–water partition coefficient (Wildman–Crippen LogP) is 3.59. The van der Waals surface area contributed by atoms with Gasteiger partial charge in [0.15, 0.2) is 0 Å². The molecule has 0 bridgehead atoms. The first-order chi connectivity index (χ1) is 9.16. The van der Waals surface area contributed by atoms with Crippen molar-refractivity contribution in [2.24, 2.45) is 13.0 Å². The van der Waals surface area contributed by atoms with E-state index in [2.05, 4.69) is 41.8 Å². The van der Waals surface area contributed by atoms with Crippen LogP contribution in [0.2, 0.25) is 0 Å². The van der Waals surface area contributed by atoms with Crippen molar-refractivity contribution in [1.29, 1.82) is 0 Å². The summed E-state index contributed by atoms with van der Waals surface area (Å²) >= 11 is 1.86. The van der Waals surface area contributed by atoms with Crippen LogP contribution < -0.4 is 5.32 Å². The molecule has 2 heterocycles. The molecular weight excluding hydrogens is 254 g/mol. The average Bonchev–Trinajstić information content (AvgIpc) is 2.98. The molecule has 0 saturated heterocycles. The third kappa shape index (κ3) is 2.60. The number of hydrogen-bond donors (Lipinski definition) is 1. The van der Waals surface area contributed by atoms with E-state index in [1.807, 2.05) is 29.3 Å². The van der Waals surface area contributed by atoms with Crippen LogP contribution in [-0.4, -0.2) is 9.78 Å². The van der Waals surface area contributed by atoms with Crippen LogP contribution in [-0.2, 0) is 7.05 Å². The lowest BCUT2D eigenvalue weighted by Crippen LogP contribution is -2.25. The SMILES string of the molecule is Cc1c(C(C)NC(c2cccs2)C2CC2)cnn1C. The molecule has 0 aliphatic heterocycles. The van der Waals surface area contributed by atoms with Crippen molar-refractivity contribution < 1.29 is 0 Å². The fraction of sp³-hybridized carbons (Fsp3) is 0.533. The van der Waals surface area contributed by atoms with Gasteiger partial charge >= 0.3 is 0 Å². The Bertz CT molecular complexity index is 540. The molecule has 0 spiro atoms. The summed E-state index contributed by atoms with van der Waals surface area (Å²) in [6.45, 7) is 4.38. The molecule has 1 N–H and O–H groups in total. The Morgan fingerprint density at radius 2 is 2.26 bits per heavy atom. The van der Waals surface area contributed by atoms with Crippen LogP contribution in [0.15, 0.2) is 23.7 Å². The molecule has 3 rings (SSSR count). The largest absolute Gasteiger partial charge is 0.302 e. The average molecular weight is 275 g/mol. The van der Waals surface area contributed by atoms with Gasteiger partial charge in [0.1, 0.15) is 0 Å². The van der Waals surface area contributed by atoms with Crippen molar-refractivity contribution in [2.45, 2.75) is 38.8 Å². The summed E-state index contributed by atoms with van der Waals surface area (Å²) < 4.78 is 1.95. The first kappa shape index (κ1) is 12.9. The summed E-state index contributed by atoms with van der Waals surface area (Å²) in [4.78, 5) is 1.47. The topological polar surface area (TPSA) is 29.9 Å². The number of aromatic nitrogens is 2. The molecule has 1 aliphatic rings. The second-order valence-corrected chi connectivity index (χ2v) is 6.51. The van der Waals surface area contributed by atoms with Crippen LogP contribution in [0.3, 0.4) is 0 Å². The first-order valence-corrected chi connectivity index (χ1v) is 7.82. The van der Waals surface area contributed by atoms with Gasteiger partial charge in [-0.1, -0.05) is 6.07 Å². The van der Waals surface area contributed by atoms with Crippen LogP contribution >= 0.6 is 11.3 Å². The van der Waals surface area contributed by atoms with Gasteiger partial charge in [-0.15, -0.1) is 11.3 Å². The third-order valence-corrected chi connectivity index (χ3v) is 5.07. The molecular formula is C15H21N3S. The van der Waals surface area contributed by atoms with Gasteiger partial charge in [0.25, 0.3) is 0 Å².